The molecule has 3 heteroatoms. The summed E-state index contributed by atoms with van der Waals surface area (Å²) >= 11 is 1.83. The third-order valence-corrected chi connectivity index (χ3v) is 10.2. The molecule has 2 nitrogen and oxygen atoms in total. The minimum atomic E-state index is 1.12. The van der Waals surface area contributed by atoms with Gasteiger partial charge >= 0.3 is 0 Å². The fraction of sp³-hybridized carbons (Fsp3) is 0. The molecule has 2 aromatic heterocycles. The second kappa shape index (κ2) is 11.5. The molecule has 9 rings (SSSR count). The lowest BCUT2D eigenvalue weighted by Gasteiger charge is -2.27. The Hall–Kier alpha value is -5.90. The van der Waals surface area contributed by atoms with Gasteiger partial charge < -0.3 is 9.47 Å². The van der Waals surface area contributed by atoms with Gasteiger partial charge in [0.2, 0.25) is 0 Å². The molecule has 0 fully saturated rings. The van der Waals surface area contributed by atoms with Crippen molar-refractivity contribution < 1.29 is 0 Å². The normalized spacial score (nSPS) is 11.4. The van der Waals surface area contributed by atoms with Crippen LogP contribution < -0.4 is 4.90 Å². The van der Waals surface area contributed by atoms with Gasteiger partial charge in [-0.25, -0.2) is 0 Å². The first-order valence-electron chi connectivity index (χ1n) is 15.9. The Morgan fingerprint density at radius 1 is 0.404 bits per heavy atom. The van der Waals surface area contributed by atoms with E-state index in [0.29, 0.717) is 0 Å². The predicted octanol–water partition coefficient (Wildman–Crippen LogP) is 12.8. The number of aromatic nitrogens is 1. The van der Waals surface area contributed by atoms with Gasteiger partial charge in [-0.1, -0.05) is 115 Å². The van der Waals surface area contributed by atoms with Crippen molar-refractivity contribution in [3.05, 3.63) is 182 Å². The van der Waals surface area contributed by atoms with Crippen LogP contribution in [0.1, 0.15) is 0 Å². The van der Waals surface area contributed by atoms with Crippen LogP contribution in [0.4, 0.5) is 17.1 Å². The summed E-state index contributed by atoms with van der Waals surface area (Å²) < 4.78 is 2.37. The van der Waals surface area contributed by atoms with E-state index in [-0.39, 0.29) is 0 Å². The molecule has 0 aliphatic rings. The van der Waals surface area contributed by atoms with Crippen molar-refractivity contribution in [1.29, 1.82) is 0 Å². The Morgan fingerprint density at radius 3 is 1.79 bits per heavy atom. The minimum absolute atomic E-state index is 1.12. The largest absolute Gasteiger partial charge is 0.310 e. The smallest absolute Gasteiger partial charge is 0.0542 e. The first kappa shape index (κ1) is 27.4. The number of thiophene rings is 1. The van der Waals surface area contributed by atoms with Gasteiger partial charge in [0.25, 0.3) is 0 Å². The summed E-state index contributed by atoms with van der Waals surface area (Å²) in [6, 6.07) is 65.6. The van der Waals surface area contributed by atoms with Crippen molar-refractivity contribution in [1.82, 2.24) is 4.57 Å². The predicted molar refractivity (Wildman–Crippen MR) is 202 cm³/mol. The Balaban J connectivity index is 1.20. The SMILES string of the molecule is c1ccc(-c2ccc(-c3ccc(N(c4ccc5c(c4)c4ccccc4n5-c4ccccc4)c4cccc5ccccc45)cc3)s2)cc1. The molecule has 0 aliphatic carbocycles. The van der Waals surface area contributed by atoms with Crippen LogP contribution in [0.2, 0.25) is 0 Å². The van der Waals surface area contributed by atoms with Crippen LogP contribution in [0.3, 0.4) is 0 Å². The van der Waals surface area contributed by atoms with Gasteiger partial charge in [-0.2, -0.15) is 0 Å². The highest BCUT2D eigenvalue weighted by Crippen LogP contribution is 2.43. The number of hydrogen-bond acceptors (Lipinski definition) is 2. The van der Waals surface area contributed by atoms with E-state index in [1.165, 1.54) is 53.5 Å². The average molecular weight is 619 g/mol. The molecule has 0 atom stereocenters. The molecule has 2 heterocycles. The van der Waals surface area contributed by atoms with Crippen LogP contribution in [0.5, 0.6) is 0 Å². The maximum atomic E-state index is 2.41. The summed E-state index contributed by atoms with van der Waals surface area (Å²) in [6.07, 6.45) is 0. The zero-order valence-corrected chi connectivity index (χ0v) is 26.4. The molecule has 0 radical (unpaired) electrons. The molecule has 0 amide bonds. The summed E-state index contributed by atoms with van der Waals surface area (Å²) in [4.78, 5) is 4.96. The van der Waals surface area contributed by atoms with E-state index < -0.39 is 0 Å². The highest BCUT2D eigenvalue weighted by atomic mass is 32.1. The molecule has 0 bridgehead atoms. The van der Waals surface area contributed by atoms with Crippen LogP contribution in [-0.2, 0) is 0 Å². The standard InChI is InChI=1S/C44H30N2S/c1-3-13-32(14-4-1)43-28-29-44(47-43)33-22-24-35(25-23-33)45(40-21-11-15-31-12-7-8-18-37(31)40)36-26-27-42-39(30-36)38-19-9-10-20-41(38)46(42)34-16-5-2-6-17-34/h1-30H. The fourth-order valence-corrected chi connectivity index (χ4v) is 7.83. The number of rotatable bonds is 6. The molecule has 0 spiro atoms. The topological polar surface area (TPSA) is 8.17 Å². The summed E-state index contributed by atoms with van der Waals surface area (Å²) in [5, 5.41) is 4.92. The van der Waals surface area contributed by atoms with Crippen LogP contribution >= 0.6 is 11.3 Å². The molecule has 9 aromatic rings. The quantitative estimate of drug-likeness (QED) is 0.180. The molecule has 0 unspecified atom stereocenters. The zero-order chi connectivity index (χ0) is 31.2. The molecule has 0 N–H and O–H groups in total. The van der Waals surface area contributed by atoms with E-state index >= 15 is 0 Å². The summed E-state index contributed by atoms with van der Waals surface area (Å²) in [5.41, 5.74) is 9.45. The van der Waals surface area contributed by atoms with Crippen LogP contribution in [0, 0.1) is 0 Å². The number of benzene rings is 7. The number of para-hydroxylation sites is 2. The lowest BCUT2D eigenvalue weighted by Crippen LogP contribution is -2.10. The van der Waals surface area contributed by atoms with E-state index in [4.69, 9.17) is 0 Å². The molecular weight excluding hydrogens is 589 g/mol. The van der Waals surface area contributed by atoms with Crippen molar-refractivity contribution in [3.63, 3.8) is 0 Å². The lowest BCUT2D eigenvalue weighted by molar-refractivity contribution is 1.18. The third-order valence-electron chi connectivity index (χ3n) is 9.01. The van der Waals surface area contributed by atoms with Crippen molar-refractivity contribution in [2.24, 2.45) is 0 Å². The molecule has 0 saturated carbocycles. The Labute approximate surface area is 278 Å². The highest BCUT2D eigenvalue weighted by Gasteiger charge is 2.19. The van der Waals surface area contributed by atoms with Crippen molar-refractivity contribution in [2.45, 2.75) is 0 Å². The van der Waals surface area contributed by atoms with Gasteiger partial charge in [0.15, 0.2) is 0 Å². The molecule has 222 valence electrons. The minimum Gasteiger partial charge on any atom is -0.310 e. The lowest BCUT2D eigenvalue weighted by atomic mass is 10.0. The molecule has 0 saturated heterocycles. The average Bonchev–Trinajstić information content (AvgIpc) is 3.77. The summed E-state index contributed by atoms with van der Waals surface area (Å²) in [7, 11) is 0. The first-order chi connectivity index (χ1) is 23.3. The van der Waals surface area contributed by atoms with E-state index in [1.54, 1.807) is 0 Å². The Morgan fingerprint density at radius 2 is 1.00 bits per heavy atom. The molecule has 0 aliphatic heterocycles. The molecule has 47 heavy (non-hydrogen) atoms. The van der Waals surface area contributed by atoms with E-state index in [9.17, 15) is 0 Å². The van der Waals surface area contributed by atoms with Gasteiger partial charge in [-0.15, -0.1) is 11.3 Å². The fourth-order valence-electron chi connectivity index (χ4n) is 6.81. The van der Waals surface area contributed by atoms with E-state index in [1.807, 2.05) is 11.3 Å². The molecular formula is C44H30N2S. The second-order valence-corrected chi connectivity index (χ2v) is 12.9. The summed E-state index contributed by atoms with van der Waals surface area (Å²) in [5.74, 6) is 0. The second-order valence-electron chi connectivity index (χ2n) is 11.8. The van der Waals surface area contributed by atoms with Crippen molar-refractivity contribution in [2.75, 3.05) is 4.90 Å². The number of fused-ring (bicyclic) bond motifs is 4. The van der Waals surface area contributed by atoms with Crippen molar-refractivity contribution >= 4 is 61.0 Å². The monoisotopic (exact) mass is 618 g/mol. The van der Waals surface area contributed by atoms with Crippen molar-refractivity contribution in [3.8, 4) is 26.6 Å². The van der Waals surface area contributed by atoms with Gasteiger partial charge in [0.05, 0.1) is 16.7 Å². The Kier molecular flexibility index (Phi) is 6.69. The van der Waals surface area contributed by atoms with E-state index in [2.05, 4.69) is 191 Å². The number of anilines is 3. The first-order valence-corrected chi connectivity index (χ1v) is 16.8. The van der Waals surface area contributed by atoms with Gasteiger partial charge in [0.1, 0.15) is 0 Å². The summed E-state index contributed by atoms with van der Waals surface area (Å²) in [6.45, 7) is 0. The van der Waals surface area contributed by atoms with Gasteiger partial charge in [-0.05, 0) is 83.2 Å². The van der Waals surface area contributed by atoms with Crippen LogP contribution in [-0.4, -0.2) is 4.57 Å². The maximum absolute atomic E-state index is 2.41. The zero-order valence-electron chi connectivity index (χ0n) is 25.6. The Bertz CT molecular complexity index is 2500. The van der Waals surface area contributed by atoms with Gasteiger partial charge in [0, 0.05) is 43.0 Å². The van der Waals surface area contributed by atoms with Crippen LogP contribution in [0.25, 0.3) is 59.1 Å². The molecule has 7 aromatic carbocycles. The number of hydrogen-bond donors (Lipinski definition) is 0. The van der Waals surface area contributed by atoms with E-state index in [0.717, 1.165) is 22.7 Å². The maximum Gasteiger partial charge on any atom is 0.0542 e. The number of nitrogens with zero attached hydrogens (tertiary/aromatic N) is 2. The third kappa shape index (κ3) is 4.80. The van der Waals surface area contributed by atoms with Crippen LogP contribution in [0.15, 0.2) is 182 Å². The van der Waals surface area contributed by atoms with Gasteiger partial charge in [-0.3, -0.25) is 0 Å². The highest BCUT2D eigenvalue weighted by molar-refractivity contribution is 7.18.